The van der Waals surface area contributed by atoms with Gasteiger partial charge in [-0.05, 0) is 50.4 Å². The van der Waals surface area contributed by atoms with Gasteiger partial charge in [-0.2, -0.15) is 0 Å². The predicted octanol–water partition coefficient (Wildman–Crippen LogP) is 1.55. The molecule has 1 aliphatic heterocycles. The Morgan fingerprint density at radius 2 is 2.47 bits per heavy atom. The molecule has 1 atom stereocenters. The molecule has 0 bridgehead atoms. The van der Waals surface area contributed by atoms with Crippen molar-refractivity contribution >= 4 is 0 Å². The van der Waals surface area contributed by atoms with E-state index in [1.165, 1.54) is 12.0 Å². The normalized spacial score (nSPS) is 20.5. The molecule has 0 aromatic carbocycles. The van der Waals surface area contributed by atoms with Crippen LogP contribution in [-0.2, 0) is 6.42 Å². The van der Waals surface area contributed by atoms with Gasteiger partial charge in [0.05, 0.1) is 7.11 Å². The highest BCUT2D eigenvalue weighted by Gasteiger charge is 2.15. The topological polar surface area (TPSA) is 34.1 Å². The van der Waals surface area contributed by atoms with Crippen molar-refractivity contribution in [2.45, 2.75) is 19.8 Å². The molecular weight excluding hydrogens is 188 g/mol. The average Bonchev–Trinajstić information content (AvgIpc) is 2.71. The van der Waals surface area contributed by atoms with Crippen LogP contribution < -0.4 is 10.1 Å². The number of nitrogens with zero attached hydrogens (tertiary/aromatic N) is 1. The van der Waals surface area contributed by atoms with E-state index in [1.54, 1.807) is 7.11 Å². The molecule has 0 saturated carbocycles. The van der Waals surface area contributed by atoms with Gasteiger partial charge in [-0.1, -0.05) is 0 Å². The Morgan fingerprint density at radius 3 is 3.07 bits per heavy atom. The molecule has 1 fully saturated rings. The minimum atomic E-state index is 0.739. The van der Waals surface area contributed by atoms with Crippen molar-refractivity contribution < 1.29 is 4.74 Å². The minimum Gasteiger partial charge on any atom is -0.481 e. The Hall–Kier alpha value is -1.09. The molecule has 0 radical (unpaired) electrons. The van der Waals surface area contributed by atoms with Crippen LogP contribution in [0.3, 0.4) is 0 Å². The number of aryl methyl sites for hydroxylation is 1. The van der Waals surface area contributed by atoms with Crippen LogP contribution in [0.1, 0.15) is 17.5 Å². The van der Waals surface area contributed by atoms with Crippen LogP contribution in [-0.4, -0.2) is 25.2 Å². The van der Waals surface area contributed by atoms with Crippen LogP contribution in [0.2, 0.25) is 0 Å². The van der Waals surface area contributed by atoms with E-state index in [9.17, 15) is 0 Å². The van der Waals surface area contributed by atoms with E-state index in [1.807, 2.05) is 13.1 Å². The van der Waals surface area contributed by atoms with Crippen molar-refractivity contribution in [2.24, 2.45) is 5.92 Å². The van der Waals surface area contributed by atoms with Crippen molar-refractivity contribution in [3.8, 4) is 5.88 Å². The maximum atomic E-state index is 5.15. The largest absolute Gasteiger partial charge is 0.481 e. The van der Waals surface area contributed by atoms with Gasteiger partial charge < -0.3 is 10.1 Å². The maximum Gasteiger partial charge on any atom is 0.215 e. The summed E-state index contributed by atoms with van der Waals surface area (Å²) in [6.45, 7) is 4.35. The second kappa shape index (κ2) is 4.62. The Labute approximate surface area is 90.9 Å². The summed E-state index contributed by atoms with van der Waals surface area (Å²) in [6.07, 6.45) is 4.35. The number of aromatic nitrogens is 1. The highest BCUT2D eigenvalue weighted by molar-refractivity contribution is 5.28. The second-order valence-electron chi connectivity index (χ2n) is 4.23. The van der Waals surface area contributed by atoms with Crippen molar-refractivity contribution in [1.29, 1.82) is 0 Å². The van der Waals surface area contributed by atoms with Gasteiger partial charge >= 0.3 is 0 Å². The van der Waals surface area contributed by atoms with Crippen molar-refractivity contribution in [2.75, 3.05) is 20.2 Å². The molecule has 0 amide bonds. The third-order valence-electron chi connectivity index (χ3n) is 2.97. The van der Waals surface area contributed by atoms with Crippen LogP contribution in [0.4, 0.5) is 0 Å². The van der Waals surface area contributed by atoms with Gasteiger partial charge in [0.25, 0.3) is 0 Å². The fourth-order valence-corrected chi connectivity index (χ4v) is 2.17. The molecule has 82 valence electrons. The first-order chi connectivity index (χ1) is 7.29. The van der Waals surface area contributed by atoms with Gasteiger partial charge in [0.2, 0.25) is 5.88 Å². The molecule has 2 rings (SSSR count). The Kier molecular flexibility index (Phi) is 3.21. The minimum absolute atomic E-state index is 0.739. The Bertz CT molecular complexity index is 332. The van der Waals surface area contributed by atoms with E-state index in [4.69, 9.17) is 4.74 Å². The van der Waals surface area contributed by atoms with Crippen LogP contribution in [0.5, 0.6) is 5.88 Å². The van der Waals surface area contributed by atoms with Gasteiger partial charge in [0.15, 0.2) is 0 Å². The molecule has 1 aromatic heterocycles. The standard InChI is InChI=1S/C12H18N2O/c1-9-5-11(8-14-12(9)15-2)6-10-3-4-13-7-10/h5,8,10,13H,3-4,6-7H2,1-2H3. The third-order valence-corrected chi connectivity index (χ3v) is 2.97. The molecule has 1 aromatic rings. The summed E-state index contributed by atoms with van der Waals surface area (Å²) in [5.41, 5.74) is 2.45. The lowest BCUT2D eigenvalue weighted by Crippen LogP contribution is -2.11. The molecule has 1 saturated heterocycles. The number of hydrogen-bond donors (Lipinski definition) is 1. The number of pyridine rings is 1. The van der Waals surface area contributed by atoms with Gasteiger partial charge in [-0.25, -0.2) is 4.98 Å². The summed E-state index contributed by atoms with van der Waals surface area (Å²) >= 11 is 0. The lowest BCUT2D eigenvalue weighted by molar-refractivity contribution is 0.394. The van der Waals surface area contributed by atoms with Crippen LogP contribution >= 0.6 is 0 Å². The van der Waals surface area contributed by atoms with E-state index in [0.717, 1.165) is 36.9 Å². The molecule has 15 heavy (non-hydrogen) atoms. The third kappa shape index (κ3) is 2.48. The van der Waals surface area contributed by atoms with Crippen LogP contribution in [0, 0.1) is 12.8 Å². The molecule has 3 heteroatoms. The summed E-state index contributed by atoms with van der Waals surface area (Å²) in [4.78, 5) is 4.30. The lowest BCUT2D eigenvalue weighted by atomic mass is 9.99. The van der Waals surface area contributed by atoms with E-state index in [2.05, 4.69) is 16.4 Å². The second-order valence-corrected chi connectivity index (χ2v) is 4.23. The molecule has 1 N–H and O–H groups in total. The van der Waals surface area contributed by atoms with Crippen LogP contribution in [0.15, 0.2) is 12.3 Å². The zero-order chi connectivity index (χ0) is 10.7. The Balaban J connectivity index is 2.05. The number of rotatable bonds is 3. The van der Waals surface area contributed by atoms with Crippen LogP contribution in [0.25, 0.3) is 0 Å². The monoisotopic (exact) mass is 206 g/mol. The SMILES string of the molecule is COc1ncc(CC2CCNC2)cc1C. The summed E-state index contributed by atoms with van der Waals surface area (Å²) in [6, 6.07) is 2.18. The van der Waals surface area contributed by atoms with Gasteiger partial charge in [0.1, 0.15) is 0 Å². The summed E-state index contributed by atoms with van der Waals surface area (Å²) in [5, 5.41) is 3.38. The first-order valence-corrected chi connectivity index (χ1v) is 5.50. The smallest absolute Gasteiger partial charge is 0.215 e. The zero-order valence-electron chi connectivity index (χ0n) is 9.42. The summed E-state index contributed by atoms with van der Waals surface area (Å²) < 4.78 is 5.15. The summed E-state index contributed by atoms with van der Waals surface area (Å²) in [5.74, 6) is 1.52. The molecular formula is C12H18N2O. The fourth-order valence-electron chi connectivity index (χ4n) is 2.17. The Morgan fingerprint density at radius 1 is 1.60 bits per heavy atom. The molecule has 0 aliphatic carbocycles. The van der Waals surface area contributed by atoms with Gasteiger partial charge in [-0.3, -0.25) is 0 Å². The highest BCUT2D eigenvalue weighted by Crippen LogP contribution is 2.19. The van der Waals surface area contributed by atoms with E-state index < -0.39 is 0 Å². The number of ether oxygens (including phenoxy) is 1. The number of hydrogen-bond acceptors (Lipinski definition) is 3. The van der Waals surface area contributed by atoms with Crippen molar-refractivity contribution in [3.05, 3.63) is 23.4 Å². The lowest BCUT2D eigenvalue weighted by Gasteiger charge is -2.09. The fraction of sp³-hybridized carbons (Fsp3) is 0.583. The number of nitrogens with one attached hydrogen (secondary N) is 1. The molecule has 3 nitrogen and oxygen atoms in total. The highest BCUT2D eigenvalue weighted by atomic mass is 16.5. The maximum absolute atomic E-state index is 5.15. The molecule has 2 heterocycles. The van der Waals surface area contributed by atoms with Gasteiger partial charge in [0, 0.05) is 11.8 Å². The van der Waals surface area contributed by atoms with E-state index >= 15 is 0 Å². The first-order valence-electron chi connectivity index (χ1n) is 5.50. The number of methoxy groups -OCH3 is 1. The van der Waals surface area contributed by atoms with E-state index in [0.29, 0.717) is 0 Å². The predicted molar refractivity (Wildman–Crippen MR) is 60.2 cm³/mol. The van der Waals surface area contributed by atoms with E-state index in [-0.39, 0.29) is 0 Å². The molecule has 1 aliphatic rings. The zero-order valence-corrected chi connectivity index (χ0v) is 9.42. The molecule has 0 spiro atoms. The quantitative estimate of drug-likeness (QED) is 0.814. The van der Waals surface area contributed by atoms with Crippen molar-refractivity contribution in [3.63, 3.8) is 0 Å². The average molecular weight is 206 g/mol. The first kappa shape index (κ1) is 10.4. The molecule has 1 unspecified atom stereocenters. The summed E-state index contributed by atoms with van der Waals surface area (Å²) in [7, 11) is 1.66. The van der Waals surface area contributed by atoms with Gasteiger partial charge in [-0.15, -0.1) is 0 Å². The van der Waals surface area contributed by atoms with Crippen molar-refractivity contribution in [1.82, 2.24) is 10.3 Å².